The fourth-order valence-electron chi connectivity index (χ4n) is 1.76. The van der Waals surface area contributed by atoms with Gasteiger partial charge in [-0.1, -0.05) is 30.3 Å². The molecular formula is C14H13NO5. The number of aryl methyl sites for hydroxylation is 1. The van der Waals surface area contributed by atoms with E-state index in [1.54, 1.807) is 24.3 Å². The first-order valence-electron chi connectivity index (χ1n) is 5.86. The van der Waals surface area contributed by atoms with Gasteiger partial charge in [-0.15, -0.1) is 0 Å². The molecule has 0 saturated carbocycles. The maximum atomic E-state index is 11.8. The van der Waals surface area contributed by atoms with Crippen LogP contribution in [0.4, 0.5) is 0 Å². The van der Waals surface area contributed by atoms with Gasteiger partial charge in [0.05, 0.1) is 5.69 Å². The molecule has 1 aromatic carbocycles. The molecule has 0 bridgehead atoms. The van der Waals surface area contributed by atoms with Crippen LogP contribution in [0.25, 0.3) is 0 Å². The number of carbonyl (C=O) groups is 1. The first-order chi connectivity index (χ1) is 9.50. The predicted octanol–water partition coefficient (Wildman–Crippen LogP) is 1.67. The van der Waals surface area contributed by atoms with E-state index in [4.69, 9.17) is 9.84 Å². The second-order valence-electron chi connectivity index (χ2n) is 4.22. The van der Waals surface area contributed by atoms with Crippen molar-refractivity contribution >= 4 is 5.97 Å². The number of carboxylic acids is 1. The SMILES string of the molecule is Cc1cc(=O)c(OCc2ccccc2)c(C(=O)O)n1O. The summed E-state index contributed by atoms with van der Waals surface area (Å²) in [5, 5.41) is 18.8. The molecule has 1 heterocycles. The van der Waals surface area contributed by atoms with Gasteiger partial charge in [0.1, 0.15) is 6.61 Å². The Morgan fingerprint density at radius 2 is 1.95 bits per heavy atom. The van der Waals surface area contributed by atoms with Gasteiger partial charge in [0.2, 0.25) is 16.9 Å². The monoisotopic (exact) mass is 275 g/mol. The van der Waals surface area contributed by atoms with E-state index >= 15 is 0 Å². The van der Waals surface area contributed by atoms with Crippen molar-refractivity contribution in [3.05, 3.63) is 63.6 Å². The summed E-state index contributed by atoms with van der Waals surface area (Å²) in [5.74, 6) is -1.81. The fraction of sp³-hybridized carbons (Fsp3) is 0.143. The molecule has 104 valence electrons. The van der Waals surface area contributed by atoms with Gasteiger partial charge in [0, 0.05) is 6.07 Å². The third-order valence-electron chi connectivity index (χ3n) is 2.75. The molecule has 0 aliphatic carbocycles. The summed E-state index contributed by atoms with van der Waals surface area (Å²) in [4.78, 5) is 23.0. The summed E-state index contributed by atoms with van der Waals surface area (Å²) in [6.45, 7) is 1.47. The molecule has 2 aromatic rings. The Labute approximate surface area is 114 Å². The topological polar surface area (TPSA) is 88.8 Å². The molecule has 0 saturated heterocycles. The highest BCUT2D eigenvalue weighted by Crippen LogP contribution is 2.16. The van der Waals surface area contributed by atoms with Crippen LogP contribution in [0, 0.1) is 6.92 Å². The van der Waals surface area contributed by atoms with Crippen molar-refractivity contribution in [1.82, 2.24) is 4.73 Å². The molecule has 2 N–H and O–H groups in total. The van der Waals surface area contributed by atoms with Gasteiger partial charge in [-0.2, -0.15) is 4.73 Å². The van der Waals surface area contributed by atoms with Crippen LogP contribution in [0.3, 0.4) is 0 Å². The number of carboxylic acid groups (broad SMARTS) is 1. The minimum atomic E-state index is -1.43. The van der Waals surface area contributed by atoms with Crippen LogP contribution in [0.1, 0.15) is 21.7 Å². The minimum Gasteiger partial charge on any atom is -0.482 e. The van der Waals surface area contributed by atoms with Crippen LogP contribution in [-0.4, -0.2) is 21.0 Å². The van der Waals surface area contributed by atoms with Crippen molar-refractivity contribution in [3.63, 3.8) is 0 Å². The van der Waals surface area contributed by atoms with Crippen LogP contribution in [0.15, 0.2) is 41.2 Å². The molecule has 0 aliphatic rings. The van der Waals surface area contributed by atoms with Crippen molar-refractivity contribution in [3.8, 4) is 5.75 Å². The van der Waals surface area contributed by atoms with Crippen LogP contribution in [0.5, 0.6) is 5.75 Å². The summed E-state index contributed by atoms with van der Waals surface area (Å²) in [6, 6.07) is 10.1. The molecular weight excluding hydrogens is 262 g/mol. The van der Waals surface area contributed by atoms with Gasteiger partial charge in [0.25, 0.3) is 0 Å². The lowest BCUT2D eigenvalue weighted by atomic mass is 10.2. The lowest BCUT2D eigenvalue weighted by Gasteiger charge is -2.12. The number of pyridine rings is 1. The van der Waals surface area contributed by atoms with E-state index in [9.17, 15) is 14.8 Å². The summed E-state index contributed by atoms with van der Waals surface area (Å²) in [6.07, 6.45) is 0. The smallest absolute Gasteiger partial charge is 0.360 e. The average Bonchev–Trinajstić information content (AvgIpc) is 2.42. The Kier molecular flexibility index (Phi) is 3.74. The van der Waals surface area contributed by atoms with E-state index in [1.807, 2.05) is 6.07 Å². The highest BCUT2D eigenvalue weighted by atomic mass is 16.5. The largest absolute Gasteiger partial charge is 0.482 e. The summed E-state index contributed by atoms with van der Waals surface area (Å²) in [7, 11) is 0. The van der Waals surface area contributed by atoms with E-state index < -0.39 is 17.1 Å². The number of nitrogens with zero attached hydrogens (tertiary/aromatic N) is 1. The molecule has 0 fully saturated rings. The zero-order valence-corrected chi connectivity index (χ0v) is 10.7. The van der Waals surface area contributed by atoms with Crippen molar-refractivity contribution < 1.29 is 19.8 Å². The van der Waals surface area contributed by atoms with Gasteiger partial charge in [-0.25, -0.2) is 4.79 Å². The quantitative estimate of drug-likeness (QED) is 0.828. The van der Waals surface area contributed by atoms with Gasteiger partial charge < -0.3 is 15.1 Å². The van der Waals surface area contributed by atoms with Gasteiger partial charge in [-0.3, -0.25) is 4.79 Å². The molecule has 0 aliphatic heterocycles. The van der Waals surface area contributed by atoms with Crippen LogP contribution in [-0.2, 0) is 6.61 Å². The molecule has 0 amide bonds. The third-order valence-corrected chi connectivity index (χ3v) is 2.75. The molecule has 6 heteroatoms. The van der Waals surface area contributed by atoms with Gasteiger partial charge >= 0.3 is 5.97 Å². The lowest BCUT2D eigenvalue weighted by molar-refractivity contribution is 0.0624. The molecule has 0 radical (unpaired) electrons. The number of aromatic nitrogens is 1. The first kappa shape index (κ1) is 13.7. The lowest BCUT2D eigenvalue weighted by Crippen LogP contribution is -2.21. The summed E-state index contributed by atoms with van der Waals surface area (Å²) < 4.78 is 5.71. The third kappa shape index (κ3) is 2.64. The maximum absolute atomic E-state index is 11.8. The standard InChI is InChI=1S/C14H13NO5/c1-9-7-11(16)13(12(14(17)18)15(9)19)20-8-10-5-3-2-4-6-10/h2-7,19H,8H2,1H3,(H,17,18). The Bertz CT molecular complexity index is 691. The van der Waals surface area contributed by atoms with Crippen molar-refractivity contribution in [2.75, 3.05) is 0 Å². The first-order valence-corrected chi connectivity index (χ1v) is 5.86. The summed E-state index contributed by atoms with van der Waals surface area (Å²) >= 11 is 0. The zero-order valence-electron chi connectivity index (χ0n) is 10.7. The predicted molar refractivity (Wildman–Crippen MR) is 70.4 cm³/mol. The van der Waals surface area contributed by atoms with E-state index in [0.717, 1.165) is 11.6 Å². The number of hydrogen-bond donors (Lipinski definition) is 2. The molecule has 0 atom stereocenters. The number of benzene rings is 1. The van der Waals surface area contributed by atoms with Crippen LogP contribution in [0.2, 0.25) is 0 Å². The van der Waals surface area contributed by atoms with Crippen LogP contribution >= 0.6 is 0 Å². The van der Waals surface area contributed by atoms with E-state index in [1.165, 1.54) is 6.92 Å². The van der Waals surface area contributed by atoms with Gasteiger partial charge in [-0.05, 0) is 12.5 Å². The highest BCUT2D eigenvalue weighted by molar-refractivity contribution is 5.88. The van der Waals surface area contributed by atoms with Crippen molar-refractivity contribution in [2.24, 2.45) is 0 Å². The second kappa shape index (κ2) is 5.48. The second-order valence-corrected chi connectivity index (χ2v) is 4.22. The van der Waals surface area contributed by atoms with Gasteiger partial charge in [0.15, 0.2) is 0 Å². The van der Waals surface area contributed by atoms with E-state index in [0.29, 0.717) is 4.73 Å². The van der Waals surface area contributed by atoms with Crippen LogP contribution < -0.4 is 10.2 Å². The number of rotatable bonds is 4. The average molecular weight is 275 g/mol. The van der Waals surface area contributed by atoms with Crippen molar-refractivity contribution in [1.29, 1.82) is 0 Å². The molecule has 0 spiro atoms. The highest BCUT2D eigenvalue weighted by Gasteiger charge is 2.21. The number of hydrogen-bond acceptors (Lipinski definition) is 4. The molecule has 20 heavy (non-hydrogen) atoms. The normalized spacial score (nSPS) is 10.2. The number of aromatic carboxylic acids is 1. The Morgan fingerprint density at radius 3 is 2.55 bits per heavy atom. The molecule has 1 aromatic heterocycles. The Balaban J connectivity index is 2.39. The minimum absolute atomic E-state index is 0.0411. The molecule has 2 rings (SSSR count). The van der Waals surface area contributed by atoms with Crippen molar-refractivity contribution in [2.45, 2.75) is 13.5 Å². The maximum Gasteiger partial charge on any atom is 0.360 e. The zero-order chi connectivity index (χ0) is 14.7. The Hall–Kier alpha value is -2.76. The Morgan fingerprint density at radius 1 is 1.30 bits per heavy atom. The molecule has 0 unspecified atom stereocenters. The summed E-state index contributed by atoms with van der Waals surface area (Å²) in [5.41, 5.74) is -0.250. The van der Waals surface area contributed by atoms with E-state index in [-0.39, 0.29) is 18.1 Å². The number of ether oxygens (including phenoxy) is 1. The molecule has 6 nitrogen and oxygen atoms in total. The van der Waals surface area contributed by atoms with E-state index in [2.05, 4.69) is 0 Å². The fourth-order valence-corrected chi connectivity index (χ4v) is 1.76.